The van der Waals surface area contributed by atoms with Crippen LogP contribution >= 0.6 is 0 Å². The molecule has 0 atom stereocenters. The largest absolute Gasteiger partial charge is 0.355 e. The molecule has 4 N–H and O–H groups in total. The van der Waals surface area contributed by atoms with Crippen molar-refractivity contribution < 1.29 is 16.5 Å². The summed E-state index contributed by atoms with van der Waals surface area (Å²) in [5.74, 6) is 0. The minimum absolute atomic E-state index is 0. The third kappa shape index (κ3) is 3.07. The van der Waals surface area contributed by atoms with Gasteiger partial charge in [-0.3, -0.25) is 5.41 Å². The van der Waals surface area contributed by atoms with Crippen LogP contribution in [0.3, 0.4) is 0 Å². The van der Waals surface area contributed by atoms with Gasteiger partial charge in [0.15, 0.2) is 0 Å². The summed E-state index contributed by atoms with van der Waals surface area (Å²) in [4.78, 5) is 11.3. The fourth-order valence-electron chi connectivity index (χ4n) is 3.08. The van der Waals surface area contributed by atoms with Gasteiger partial charge in [0.25, 0.3) is 0 Å². The fraction of sp³-hybridized carbons (Fsp3) is 0. The fourth-order valence-corrected chi connectivity index (χ4v) is 3.08. The molecule has 26 heavy (non-hydrogen) atoms. The predicted molar refractivity (Wildman–Crippen MR) is 100 cm³/mol. The first-order chi connectivity index (χ1) is 12.2. The molecule has 130 valence electrons. The smallest absolute Gasteiger partial charge is 0.0796 e. The Morgan fingerprint density at radius 1 is 0.769 bits per heavy atom. The third-order valence-electron chi connectivity index (χ3n) is 4.23. The van der Waals surface area contributed by atoms with Gasteiger partial charge in [0, 0.05) is 44.3 Å². The molecule has 0 spiro atoms. The molecule has 0 saturated carbocycles. The molecule has 0 unspecified atom stereocenters. The van der Waals surface area contributed by atoms with Gasteiger partial charge in [-0.25, -0.2) is 4.99 Å². The van der Waals surface area contributed by atoms with Crippen LogP contribution in [0.25, 0.3) is 18.2 Å². The van der Waals surface area contributed by atoms with Crippen molar-refractivity contribution in [2.75, 3.05) is 0 Å². The molecule has 5 heterocycles. The Balaban J connectivity index is 0.00000168. The van der Waals surface area contributed by atoms with Crippen LogP contribution in [-0.2, 0) is 16.5 Å². The van der Waals surface area contributed by atoms with Crippen LogP contribution in [0.4, 0.5) is 0 Å². The van der Waals surface area contributed by atoms with E-state index in [1.165, 1.54) is 0 Å². The number of fused-ring (bicyclic) bond motifs is 7. The quantitative estimate of drug-likeness (QED) is 0.513. The van der Waals surface area contributed by atoms with E-state index < -0.39 is 0 Å². The number of hydrogen-bond donors (Lipinski definition) is 4. The summed E-state index contributed by atoms with van der Waals surface area (Å²) in [5, 5.41) is 13.4. The van der Waals surface area contributed by atoms with Crippen LogP contribution < -0.4 is 16.0 Å². The maximum absolute atomic E-state index is 8.15. The molecule has 0 radical (unpaired) electrons. The molecule has 3 aliphatic rings. The van der Waals surface area contributed by atoms with Gasteiger partial charge in [-0.1, -0.05) is 0 Å². The van der Waals surface area contributed by atoms with Crippen LogP contribution in [0, 0.1) is 5.41 Å². The summed E-state index contributed by atoms with van der Waals surface area (Å²) in [6.07, 6.45) is 13.7. The number of allylic oxidation sites excluding steroid dienone is 5. The minimum atomic E-state index is 0. The van der Waals surface area contributed by atoms with Gasteiger partial charge in [0.2, 0.25) is 0 Å². The minimum Gasteiger partial charge on any atom is -0.355 e. The maximum atomic E-state index is 8.15. The van der Waals surface area contributed by atoms with Crippen molar-refractivity contribution in [1.29, 1.82) is 5.41 Å². The predicted octanol–water partition coefficient (Wildman–Crippen LogP) is 1.71. The first kappa shape index (κ1) is 16.4. The number of nitrogens with zero attached hydrogens (tertiary/aromatic N) is 1. The normalized spacial score (nSPS) is 17.2. The number of H-pyrrole nitrogens is 2. The van der Waals surface area contributed by atoms with E-state index in [1.807, 2.05) is 60.7 Å². The van der Waals surface area contributed by atoms with Crippen LogP contribution in [0.2, 0.25) is 0 Å². The topological polar surface area (TPSA) is 79.8 Å². The van der Waals surface area contributed by atoms with Crippen LogP contribution in [-0.4, -0.2) is 21.4 Å². The number of aromatic amines is 2. The van der Waals surface area contributed by atoms with Crippen molar-refractivity contribution in [2.24, 2.45) is 4.99 Å². The van der Waals surface area contributed by atoms with Gasteiger partial charge >= 0.3 is 0 Å². The molecule has 2 aromatic rings. The summed E-state index contributed by atoms with van der Waals surface area (Å²) in [5.41, 5.74) is 5.85. The molecule has 2 aromatic heterocycles. The molecule has 0 fully saturated rings. The zero-order valence-electron chi connectivity index (χ0n) is 13.6. The summed E-state index contributed by atoms with van der Waals surface area (Å²) < 4.78 is 0. The standard InChI is InChI=1S/C20H15N5.Ni/c21-19-10-18-9-16-4-3-14(23-16)7-12-1-2-13(22-12)8-15-5-6-17(24-15)11-20(19)25-18;/h1-11,21-23,25H;. The zero-order valence-corrected chi connectivity index (χ0v) is 14.6. The van der Waals surface area contributed by atoms with E-state index >= 15 is 0 Å². The summed E-state index contributed by atoms with van der Waals surface area (Å²) in [6.45, 7) is 0. The van der Waals surface area contributed by atoms with Gasteiger partial charge in [-0.2, -0.15) is 0 Å². The summed E-state index contributed by atoms with van der Waals surface area (Å²) >= 11 is 0. The van der Waals surface area contributed by atoms with Crippen molar-refractivity contribution in [3.63, 3.8) is 0 Å². The molecular formula is C20H15N5Ni. The molecule has 8 bridgehead atoms. The average Bonchev–Trinajstić information content (AvgIpc) is 3.33. The molecule has 0 aliphatic carbocycles. The van der Waals surface area contributed by atoms with Gasteiger partial charge < -0.3 is 15.3 Å². The molecule has 0 aromatic carbocycles. The molecule has 0 saturated heterocycles. The Hall–Kier alpha value is -3.11. The number of aliphatic imine (C=N–C) groups is 1. The molecule has 3 aliphatic heterocycles. The van der Waals surface area contributed by atoms with E-state index in [9.17, 15) is 0 Å². The molecule has 6 heteroatoms. The Bertz CT molecular complexity index is 1180. The van der Waals surface area contributed by atoms with Gasteiger partial charge in [0.05, 0.1) is 22.8 Å². The molecule has 0 amide bonds. The van der Waals surface area contributed by atoms with Crippen molar-refractivity contribution in [1.82, 2.24) is 15.3 Å². The second kappa shape index (κ2) is 6.32. The van der Waals surface area contributed by atoms with E-state index in [2.05, 4.69) is 26.4 Å². The molecule has 5 nitrogen and oxygen atoms in total. The Kier molecular flexibility index (Phi) is 3.98. The SMILES string of the molecule is N=C1C=C2C=c3ccc([nH]3)=Cc3ccc([nH]3)C=C3C=CC(=N3)C=C1N2.[Ni]. The average molecular weight is 384 g/mol. The van der Waals surface area contributed by atoms with E-state index in [0.29, 0.717) is 5.71 Å². The first-order valence-corrected chi connectivity index (χ1v) is 8.07. The van der Waals surface area contributed by atoms with Crippen LogP contribution in [0.1, 0.15) is 11.4 Å². The zero-order chi connectivity index (χ0) is 16.8. The van der Waals surface area contributed by atoms with Crippen molar-refractivity contribution >= 4 is 29.7 Å². The van der Waals surface area contributed by atoms with Gasteiger partial charge in [-0.15, -0.1) is 0 Å². The second-order valence-electron chi connectivity index (χ2n) is 6.16. The van der Waals surface area contributed by atoms with E-state index in [4.69, 9.17) is 5.41 Å². The van der Waals surface area contributed by atoms with Gasteiger partial charge in [0.1, 0.15) is 0 Å². The van der Waals surface area contributed by atoms with Crippen molar-refractivity contribution in [3.8, 4) is 0 Å². The van der Waals surface area contributed by atoms with Crippen LogP contribution in [0.5, 0.6) is 0 Å². The van der Waals surface area contributed by atoms with Crippen LogP contribution in [0.15, 0.2) is 70.7 Å². The van der Waals surface area contributed by atoms with Crippen molar-refractivity contribution in [3.05, 3.63) is 87.7 Å². The number of aromatic nitrogens is 2. The number of nitrogens with one attached hydrogen (secondary N) is 4. The Labute approximate surface area is 159 Å². The Morgan fingerprint density at radius 3 is 2.38 bits per heavy atom. The summed E-state index contributed by atoms with van der Waals surface area (Å²) in [6, 6.07) is 8.15. The molecular weight excluding hydrogens is 369 g/mol. The van der Waals surface area contributed by atoms with E-state index in [-0.39, 0.29) is 16.5 Å². The van der Waals surface area contributed by atoms with Crippen molar-refractivity contribution in [2.45, 2.75) is 0 Å². The van der Waals surface area contributed by atoms with E-state index in [1.54, 1.807) is 0 Å². The third-order valence-corrected chi connectivity index (χ3v) is 4.23. The van der Waals surface area contributed by atoms with Gasteiger partial charge in [-0.05, 0) is 66.8 Å². The number of hydrogen-bond acceptors (Lipinski definition) is 3. The Morgan fingerprint density at radius 2 is 1.54 bits per heavy atom. The second-order valence-corrected chi connectivity index (χ2v) is 6.16. The number of rotatable bonds is 0. The maximum Gasteiger partial charge on any atom is 0.0796 e. The van der Waals surface area contributed by atoms with E-state index in [0.717, 1.165) is 44.9 Å². The summed E-state index contributed by atoms with van der Waals surface area (Å²) in [7, 11) is 0. The monoisotopic (exact) mass is 383 g/mol. The molecule has 5 rings (SSSR count). The first-order valence-electron chi connectivity index (χ1n) is 8.07.